The second-order valence-corrected chi connectivity index (χ2v) is 4.77. The average Bonchev–Trinajstić information content (AvgIpc) is 2.22. The molecule has 2 N–H and O–H groups in total. The third kappa shape index (κ3) is 4.58. The maximum atomic E-state index is 5.89. The van der Waals surface area contributed by atoms with Gasteiger partial charge in [0.15, 0.2) is 0 Å². The van der Waals surface area contributed by atoms with Crippen molar-refractivity contribution in [3.05, 3.63) is 29.8 Å². The number of hydrogen-bond acceptors (Lipinski definition) is 3. The summed E-state index contributed by atoms with van der Waals surface area (Å²) in [4.78, 5) is 2.32. The van der Waals surface area contributed by atoms with Crippen LogP contribution in [-0.4, -0.2) is 30.5 Å². The fourth-order valence-corrected chi connectivity index (χ4v) is 1.94. The van der Waals surface area contributed by atoms with Crippen LogP contribution in [0.25, 0.3) is 0 Å². The molecule has 0 spiro atoms. The largest absolute Gasteiger partial charge is 0.398 e. The molecule has 1 aromatic carbocycles. The van der Waals surface area contributed by atoms with Crippen LogP contribution >= 0.6 is 11.8 Å². The number of nitrogen functional groups attached to an aromatic ring is 1. The highest BCUT2D eigenvalue weighted by Crippen LogP contribution is 2.12. The topological polar surface area (TPSA) is 29.3 Å². The maximum Gasteiger partial charge on any atom is 0.0359 e. The van der Waals surface area contributed by atoms with Crippen LogP contribution < -0.4 is 5.73 Å². The lowest BCUT2D eigenvalue weighted by Crippen LogP contribution is -2.20. The Hall–Kier alpha value is -0.670. The predicted octanol–water partition coefficient (Wildman–Crippen LogP) is 2.45. The Labute approximate surface area is 96.8 Å². The molecule has 0 heterocycles. The van der Waals surface area contributed by atoms with Crippen molar-refractivity contribution in [2.75, 3.05) is 31.3 Å². The molecule has 0 radical (unpaired) electrons. The smallest absolute Gasteiger partial charge is 0.0359 e. The summed E-state index contributed by atoms with van der Waals surface area (Å²) in [6.45, 7) is 2.08. The number of nitrogens with zero attached hydrogens (tertiary/aromatic N) is 1. The van der Waals surface area contributed by atoms with Crippen LogP contribution in [0, 0.1) is 0 Å². The molecule has 0 atom stereocenters. The molecule has 0 aliphatic carbocycles. The first-order valence-corrected chi connectivity index (χ1v) is 6.64. The van der Waals surface area contributed by atoms with Gasteiger partial charge in [0.25, 0.3) is 0 Å². The molecule has 3 heteroatoms. The van der Waals surface area contributed by atoms with Crippen LogP contribution in [0.3, 0.4) is 0 Å². The van der Waals surface area contributed by atoms with Crippen LogP contribution in [0.1, 0.15) is 12.0 Å². The molecule has 0 aliphatic heterocycles. The summed E-state index contributed by atoms with van der Waals surface area (Å²) in [5.74, 6) is 1.23. The standard InChI is InChI=1S/C12H20N2S/c1-14(8-5-9-15-2)10-11-6-3-4-7-12(11)13/h3-4,6-7H,5,8-10,13H2,1-2H3. The van der Waals surface area contributed by atoms with Crippen molar-refractivity contribution in [3.63, 3.8) is 0 Å². The van der Waals surface area contributed by atoms with Gasteiger partial charge in [0.2, 0.25) is 0 Å². The second-order valence-electron chi connectivity index (χ2n) is 3.78. The van der Waals surface area contributed by atoms with Gasteiger partial charge in [-0.3, -0.25) is 0 Å². The monoisotopic (exact) mass is 224 g/mol. The summed E-state index contributed by atoms with van der Waals surface area (Å²) in [5.41, 5.74) is 8.02. The van der Waals surface area contributed by atoms with E-state index in [1.165, 1.54) is 17.7 Å². The second kappa shape index (κ2) is 6.75. The molecule has 15 heavy (non-hydrogen) atoms. The van der Waals surface area contributed by atoms with Gasteiger partial charge in [-0.15, -0.1) is 0 Å². The number of anilines is 1. The third-order valence-electron chi connectivity index (χ3n) is 2.38. The summed E-state index contributed by atoms with van der Waals surface area (Å²) in [5, 5.41) is 0. The number of benzene rings is 1. The molecular weight excluding hydrogens is 204 g/mol. The quantitative estimate of drug-likeness (QED) is 0.594. The van der Waals surface area contributed by atoms with E-state index in [-0.39, 0.29) is 0 Å². The third-order valence-corrected chi connectivity index (χ3v) is 3.08. The first kappa shape index (κ1) is 12.4. The summed E-state index contributed by atoms with van der Waals surface area (Å²) in [6.07, 6.45) is 3.39. The molecule has 1 rings (SSSR count). The van der Waals surface area contributed by atoms with Gasteiger partial charge in [0, 0.05) is 12.2 Å². The molecule has 0 bridgehead atoms. The van der Waals surface area contributed by atoms with Crippen molar-refractivity contribution in [2.24, 2.45) is 0 Å². The number of rotatable bonds is 6. The number of hydrogen-bond donors (Lipinski definition) is 1. The van der Waals surface area contributed by atoms with Gasteiger partial charge in [-0.2, -0.15) is 11.8 Å². The molecular formula is C12H20N2S. The Balaban J connectivity index is 2.37. The van der Waals surface area contributed by atoms with E-state index in [9.17, 15) is 0 Å². The van der Waals surface area contributed by atoms with Gasteiger partial charge in [0.1, 0.15) is 0 Å². The van der Waals surface area contributed by atoms with E-state index in [0.29, 0.717) is 0 Å². The zero-order valence-electron chi connectivity index (χ0n) is 9.57. The maximum absolute atomic E-state index is 5.89. The molecule has 84 valence electrons. The minimum atomic E-state index is 0.897. The molecule has 0 unspecified atom stereocenters. The Morgan fingerprint density at radius 2 is 2.07 bits per heavy atom. The fourth-order valence-electron chi connectivity index (χ4n) is 1.53. The van der Waals surface area contributed by atoms with Gasteiger partial charge in [0.05, 0.1) is 0 Å². The molecule has 1 aromatic rings. The summed E-state index contributed by atoms with van der Waals surface area (Å²) in [6, 6.07) is 8.08. The van der Waals surface area contributed by atoms with Gasteiger partial charge >= 0.3 is 0 Å². The molecule has 0 amide bonds. The number of nitrogens with two attached hydrogens (primary N) is 1. The lowest BCUT2D eigenvalue weighted by atomic mass is 10.2. The molecule has 0 saturated carbocycles. The van der Waals surface area contributed by atoms with Crippen LogP contribution in [0.15, 0.2) is 24.3 Å². The average molecular weight is 224 g/mol. The van der Waals surface area contributed by atoms with E-state index in [1.54, 1.807) is 0 Å². The van der Waals surface area contributed by atoms with Crippen molar-refractivity contribution in [2.45, 2.75) is 13.0 Å². The molecule has 0 aliphatic rings. The fraction of sp³-hybridized carbons (Fsp3) is 0.500. The van der Waals surface area contributed by atoms with Gasteiger partial charge in [-0.25, -0.2) is 0 Å². The SMILES string of the molecule is CSCCCN(C)Cc1ccccc1N. The highest BCUT2D eigenvalue weighted by Gasteiger charge is 2.02. The lowest BCUT2D eigenvalue weighted by molar-refractivity contribution is 0.329. The van der Waals surface area contributed by atoms with E-state index in [4.69, 9.17) is 5.73 Å². The summed E-state index contributed by atoms with van der Waals surface area (Å²) >= 11 is 1.90. The van der Waals surface area contributed by atoms with E-state index < -0.39 is 0 Å². The minimum absolute atomic E-state index is 0.897. The van der Waals surface area contributed by atoms with E-state index >= 15 is 0 Å². The zero-order chi connectivity index (χ0) is 11.1. The van der Waals surface area contributed by atoms with Crippen LogP contribution in [0.5, 0.6) is 0 Å². The van der Waals surface area contributed by atoms with Crippen molar-refractivity contribution in [3.8, 4) is 0 Å². The zero-order valence-corrected chi connectivity index (χ0v) is 10.4. The van der Waals surface area contributed by atoms with Crippen LogP contribution in [0.2, 0.25) is 0 Å². The Bertz CT molecular complexity index is 289. The Kier molecular flexibility index (Phi) is 5.58. The number of thioether (sulfide) groups is 1. The van der Waals surface area contributed by atoms with E-state index in [0.717, 1.165) is 18.8 Å². The highest BCUT2D eigenvalue weighted by molar-refractivity contribution is 7.98. The molecule has 0 fully saturated rings. The lowest BCUT2D eigenvalue weighted by Gasteiger charge is -2.17. The number of para-hydroxylation sites is 1. The summed E-state index contributed by atoms with van der Waals surface area (Å²) in [7, 11) is 2.15. The molecule has 2 nitrogen and oxygen atoms in total. The van der Waals surface area contributed by atoms with Crippen molar-refractivity contribution < 1.29 is 0 Å². The molecule has 0 saturated heterocycles. The van der Waals surface area contributed by atoms with Crippen LogP contribution in [0.4, 0.5) is 5.69 Å². The Morgan fingerprint density at radius 1 is 1.33 bits per heavy atom. The van der Waals surface area contributed by atoms with E-state index in [1.807, 2.05) is 30.0 Å². The summed E-state index contributed by atoms with van der Waals surface area (Å²) < 4.78 is 0. The highest BCUT2D eigenvalue weighted by atomic mass is 32.2. The van der Waals surface area contributed by atoms with E-state index in [2.05, 4.69) is 24.3 Å². The Morgan fingerprint density at radius 3 is 2.73 bits per heavy atom. The minimum Gasteiger partial charge on any atom is -0.398 e. The van der Waals surface area contributed by atoms with Crippen molar-refractivity contribution >= 4 is 17.4 Å². The van der Waals surface area contributed by atoms with Crippen molar-refractivity contribution in [1.82, 2.24) is 4.90 Å². The normalized spacial score (nSPS) is 10.9. The first-order chi connectivity index (χ1) is 7.24. The van der Waals surface area contributed by atoms with Gasteiger partial charge in [-0.05, 0) is 43.7 Å². The van der Waals surface area contributed by atoms with Crippen molar-refractivity contribution in [1.29, 1.82) is 0 Å². The predicted molar refractivity (Wildman–Crippen MR) is 70.2 cm³/mol. The van der Waals surface area contributed by atoms with Gasteiger partial charge < -0.3 is 10.6 Å². The van der Waals surface area contributed by atoms with Gasteiger partial charge in [-0.1, -0.05) is 18.2 Å². The molecule has 0 aromatic heterocycles. The first-order valence-electron chi connectivity index (χ1n) is 5.25. The van der Waals surface area contributed by atoms with Crippen LogP contribution in [-0.2, 0) is 6.54 Å².